The highest BCUT2D eigenvalue weighted by atomic mass is 16.5. The van der Waals surface area contributed by atoms with E-state index in [0.29, 0.717) is 18.8 Å². The SMILES string of the molecule is COc1ncccc1CN(C)C(=O)Cc1c[nH]c2ccccc12. The maximum Gasteiger partial charge on any atom is 0.227 e. The van der Waals surface area contributed by atoms with Gasteiger partial charge in [0.05, 0.1) is 20.1 Å². The molecule has 23 heavy (non-hydrogen) atoms. The van der Waals surface area contributed by atoms with Crippen LogP contribution < -0.4 is 4.74 Å². The van der Waals surface area contributed by atoms with Gasteiger partial charge in [0.25, 0.3) is 0 Å². The number of ether oxygens (including phenoxy) is 1. The number of methoxy groups -OCH3 is 1. The number of likely N-dealkylation sites (N-methyl/N-ethyl adjacent to an activating group) is 1. The van der Waals surface area contributed by atoms with Crippen molar-refractivity contribution in [2.45, 2.75) is 13.0 Å². The highest BCUT2D eigenvalue weighted by Crippen LogP contribution is 2.20. The van der Waals surface area contributed by atoms with Gasteiger partial charge in [0.15, 0.2) is 0 Å². The summed E-state index contributed by atoms with van der Waals surface area (Å²) in [4.78, 5) is 21.6. The fourth-order valence-electron chi connectivity index (χ4n) is 2.65. The lowest BCUT2D eigenvalue weighted by molar-refractivity contribution is -0.129. The van der Waals surface area contributed by atoms with Gasteiger partial charge in [0.2, 0.25) is 11.8 Å². The average molecular weight is 309 g/mol. The van der Waals surface area contributed by atoms with Gasteiger partial charge in [-0.15, -0.1) is 0 Å². The molecule has 0 fully saturated rings. The Morgan fingerprint density at radius 1 is 1.22 bits per heavy atom. The van der Waals surface area contributed by atoms with Crippen molar-refractivity contribution in [3.63, 3.8) is 0 Å². The van der Waals surface area contributed by atoms with Crippen molar-refractivity contribution in [2.75, 3.05) is 14.2 Å². The Hall–Kier alpha value is -2.82. The molecule has 0 unspecified atom stereocenters. The molecule has 2 aromatic heterocycles. The zero-order valence-electron chi connectivity index (χ0n) is 13.2. The zero-order valence-corrected chi connectivity index (χ0v) is 13.2. The van der Waals surface area contributed by atoms with Crippen molar-refractivity contribution in [2.24, 2.45) is 0 Å². The van der Waals surface area contributed by atoms with Gasteiger partial charge in [-0.2, -0.15) is 0 Å². The quantitative estimate of drug-likeness (QED) is 0.788. The number of nitrogens with zero attached hydrogens (tertiary/aromatic N) is 2. The molecule has 0 aliphatic rings. The second-order valence-corrected chi connectivity index (χ2v) is 5.46. The minimum atomic E-state index is 0.0562. The molecule has 1 amide bonds. The Morgan fingerprint density at radius 2 is 2.04 bits per heavy atom. The number of amides is 1. The predicted molar refractivity (Wildman–Crippen MR) is 89.3 cm³/mol. The van der Waals surface area contributed by atoms with E-state index in [1.807, 2.05) is 42.6 Å². The van der Waals surface area contributed by atoms with Crippen molar-refractivity contribution in [1.82, 2.24) is 14.9 Å². The third kappa shape index (κ3) is 3.18. The molecule has 118 valence electrons. The molecule has 1 N–H and O–H groups in total. The van der Waals surface area contributed by atoms with E-state index in [2.05, 4.69) is 9.97 Å². The van der Waals surface area contributed by atoms with Gasteiger partial charge < -0.3 is 14.6 Å². The molecule has 0 atom stereocenters. The number of fused-ring (bicyclic) bond motifs is 1. The zero-order chi connectivity index (χ0) is 16.2. The first kappa shape index (κ1) is 15.1. The molecule has 3 rings (SSSR count). The molecule has 5 nitrogen and oxygen atoms in total. The van der Waals surface area contributed by atoms with Crippen molar-refractivity contribution >= 4 is 16.8 Å². The van der Waals surface area contributed by atoms with Crippen LogP contribution in [0.4, 0.5) is 0 Å². The number of aromatic amines is 1. The summed E-state index contributed by atoms with van der Waals surface area (Å²) in [6.45, 7) is 0.470. The third-order valence-electron chi connectivity index (χ3n) is 3.89. The van der Waals surface area contributed by atoms with E-state index in [9.17, 15) is 4.79 Å². The van der Waals surface area contributed by atoms with E-state index >= 15 is 0 Å². The molecule has 5 heteroatoms. The van der Waals surface area contributed by atoms with Crippen molar-refractivity contribution in [3.05, 3.63) is 59.9 Å². The molecule has 3 aromatic rings. The molecular formula is C18H19N3O2. The summed E-state index contributed by atoms with van der Waals surface area (Å²) in [7, 11) is 3.38. The molecule has 0 saturated heterocycles. The smallest absolute Gasteiger partial charge is 0.227 e. The molecule has 0 aliphatic carbocycles. The fourth-order valence-corrected chi connectivity index (χ4v) is 2.65. The topological polar surface area (TPSA) is 58.2 Å². The standard InChI is InChI=1S/C18H19N3O2/c1-21(12-13-6-5-9-19-18(13)23-2)17(22)10-14-11-20-16-8-4-3-7-15(14)16/h3-9,11,20H,10,12H2,1-2H3. The van der Waals surface area contributed by atoms with E-state index < -0.39 is 0 Å². The number of hydrogen-bond acceptors (Lipinski definition) is 3. The van der Waals surface area contributed by atoms with Crippen LogP contribution in [-0.2, 0) is 17.8 Å². The minimum absolute atomic E-state index is 0.0562. The summed E-state index contributed by atoms with van der Waals surface area (Å²) in [5, 5.41) is 1.09. The summed E-state index contributed by atoms with van der Waals surface area (Å²) in [6, 6.07) is 11.8. The number of carbonyl (C=O) groups excluding carboxylic acids is 1. The summed E-state index contributed by atoms with van der Waals surface area (Å²) in [5.41, 5.74) is 2.95. The van der Waals surface area contributed by atoms with Crippen LogP contribution in [0.15, 0.2) is 48.8 Å². The Labute approximate surface area is 134 Å². The Bertz CT molecular complexity index is 826. The second kappa shape index (κ2) is 6.52. The minimum Gasteiger partial charge on any atom is -0.481 e. The number of H-pyrrole nitrogens is 1. The van der Waals surface area contributed by atoms with Gasteiger partial charge in [-0.1, -0.05) is 24.3 Å². The number of pyridine rings is 1. The summed E-state index contributed by atoms with van der Waals surface area (Å²) < 4.78 is 5.24. The molecule has 0 spiro atoms. The van der Waals surface area contributed by atoms with Gasteiger partial charge in [-0.05, 0) is 17.7 Å². The Kier molecular flexibility index (Phi) is 4.28. The van der Waals surface area contributed by atoms with Gasteiger partial charge in [0, 0.05) is 35.9 Å². The Balaban J connectivity index is 1.73. The van der Waals surface area contributed by atoms with E-state index in [4.69, 9.17) is 4.74 Å². The van der Waals surface area contributed by atoms with Crippen LogP contribution in [0.25, 0.3) is 10.9 Å². The highest BCUT2D eigenvalue weighted by molar-refractivity contribution is 5.88. The van der Waals surface area contributed by atoms with E-state index in [1.165, 1.54) is 0 Å². The fraction of sp³-hybridized carbons (Fsp3) is 0.222. The second-order valence-electron chi connectivity index (χ2n) is 5.46. The van der Waals surface area contributed by atoms with Crippen LogP contribution >= 0.6 is 0 Å². The normalized spacial score (nSPS) is 10.7. The van der Waals surface area contributed by atoms with Gasteiger partial charge in [0.1, 0.15) is 0 Å². The first-order valence-electron chi connectivity index (χ1n) is 7.46. The van der Waals surface area contributed by atoms with E-state index in [-0.39, 0.29) is 5.91 Å². The van der Waals surface area contributed by atoms with Crippen molar-refractivity contribution in [3.8, 4) is 5.88 Å². The molecule has 0 bridgehead atoms. The lowest BCUT2D eigenvalue weighted by Crippen LogP contribution is -2.27. The maximum absolute atomic E-state index is 12.5. The largest absolute Gasteiger partial charge is 0.481 e. The van der Waals surface area contributed by atoms with Crippen LogP contribution in [0.3, 0.4) is 0 Å². The number of carbonyl (C=O) groups is 1. The average Bonchev–Trinajstić information content (AvgIpc) is 2.98. The predicted octanol–water partition coefficient (Wildman–Crippen LogP) is 2.77. The molecule has 2 heterocycles. The van der Waals surface area contributed by atoms with Gasteiger partial charge in [-0.25, -0.2) is 4.98 Å². The number of benzene rings is 1. The van der Waals surface area contributed by atoms with Crippen LogP contribution in [0, 0.1) is 0 Å². The monoisotopic (exact) mass is 309 g/mol. The van der Waals surface area contributed by atoms with Crippen molar-refractivity contribution in [1.29, 1.82) is 0 Å². The number of nitrogens with one attached hydrogen (secondary N) is 1. The van der Waals surface area contributed by atoms with Crippen LogP contribution in [0.1, 0.15) is 11.1 Å². The first-order chi connectivity index (χ1) is 11.2. The highest BCUT2D eigenvalue weighted by Gasteiger charge is 2.15. The molecular weight excluding hydrogens is 290 g/mol. The molecule has 1 aromatic carbocycles. The molecule has 0 saturated carbocycles. The number of para-hydroxylation sites is 1. The van der Waals surface area contributed by atoms with E-state index in [1.54, 1.807) is 25.3 Å². The van der Waals surface area contributed by atoms with Crippen molar-refractivity contribution < 1.29 is 9.53 Å². The number of aromatic nitrogens is 2. The van der Waals surface area contributed by atoms with Crippen LogP contribution in [0.5, 0.6) is 5.88 Å². The van der Waals surface area contributed by atoms with Crippen LogP contribution in [-0.4, -0.2) is 34.9 Å². The first-order valence-corrected chi connectivity index (χ1v) is 7.46. The summed E-state index contributed by atoms with van der Waals surface area (Å²) >= 11 is 0. The summed E-state index contributed by atoms with van der Waals surface area (Å²) in [5.74, 6) is 0.611. The van der Waals surface area contributed by atoms with E-state index in [0.717, 1.165) is 22.0 Å². The third-order valence-corrected chi connectivity index (χ3v) is 3.89. The molecule has 0 radical (unpaired) electrons. The van der Waals surface area contributed by atoms with Gasteiger partial charge >= 0.3 is 0 Å². The number of rotatable bonds is 5. The lowest BCUT2D eigenvalue weighted by atomic mass is 10.1. The Morgan fingerprint density at radius 3 is 2.87 bits per heavy atom. The van der Waals surface area contributed by atoms with Crippen LogP contribution in [0.2, 0.25) is 0 Å². The summed E-state index contributed by atoms with van der Waals surface area (Å²) in [6.07, 6.45) is 3.94. The van der Waals surface area contributed by atoms with Gasteiger partial charge in [-0.3, -0.25) is 4.79 Å². The molecule has 0 aliphatic heterocycles. The number of hydrogen-bond donors (Lipinski definition) is 1. The lowest BCUT2D eigenvalue weighted by Gasteiger charge is -2.18. The maximum atomic E-state index is 12.5.